The van der Waals surface area contributed by atoms with Crippen LogP contribution < -0.4 is 16.4 Å². The largest absolute Gasteiger partial charge is 0.356 e. The zero-order chi connectivity index (χ0) is 12.7. The molecule has 1 fully saturated rings. The van der Waals surface area contributed by atoms with Crippen LogP contribution in [-0.2, 0) is 9.59 Å². The van der Waals surface area contributed by atoms with Crippen LogP contribution in [0.25, 0.3) is 0 Å². The number of nitrogens with two attached hydrogens (primary N) is 1. The van der Waals surface area contributed by atoms with Crippen molar-refractivity contribution in [1.82, 2.24) is 10.6 Å². The molecule has 0 aromatic heterocycles. The third kappa shape index (κ3) is 6.81. The van der Waals surface area contributed by atoms with E-state index in [0.717, 1.165) is 19.3 Å². The van der Waals surface area contributed by atoms with Crippen LogP contribution in [0, 0.1) is 5.92 Å². The van der Waals surface area contributed by atoms with Crippen molar-refractivity contribution in [2.75, 3.05) is 13.1 Å². The zero-order valence-corrected chi connectivity index (χ0v) is 11.7. The molecule has 1 aliphatic rings. The number of halogens is 1. The summed E-state index contributed by atoms with van der Waals surface area (Å²) in [6, 6.07) is 0.0983. The SMILES string of the molecule is CCCNC(=O)CCC(=O)NC(CN)C1CC1.Cl. The van der Waals surface area contributed by atoms with Gasteiger partial charge in [0.15, 0.2) is 0 Å². The van der Waals surface area contributed by atoms with Crippen molar-refractivity contribution in [3.63, 3.8) is 0 Å². The number of rotatable bonds is 8. The molecule has 4 N–H and O–H groups in total. The second kappa shape index (κ2) is 9.16. The summed E-state index contributed by atoms with van der Waals surface area (Å²) < 4.78 is 0. The minimum Gasteiger partial charge on any atom is -0.356 e. The molecule has 0 bridgehead atoms. The fourth-order valence-electron chi connectivity index (χ4n) is 1.73. The molecule has 0 radical (unpaired) electrons. The molecule has 0 saturated heterocycles. The van der Waals surface area contributed by atoms with Gasteiger partial charge in [-0.3, -0.25) is 9.59 Å². The van der Waals surface area contributed by atoms with Crippen LogP contribution in [0.15, 0.2) is 0 Å². The lowest BCUT2D eigenvalue weighted by molar-refractivity contribution is -0.126. The first kappa shape index (κ1) is 17.2. The van der Waals surface area contributed by atoms with E-state index in [2.05, 4.69) is 10.6 Å². The van der Waals surface area contributed by atoms with Gasteiger partial charge in [0, 0.05) is 32.0 Å². The molecule has 106 valence electrons. The highest BCUT2D eigenvalue weighted by molar-refractivity contribution is 5.85. The molecular formula is C12H24ClN3O2. The molecule has 5 nitrogen and oxygen atoms in total. The molecule has 1 rings (SSSR count). The van der Waals surface area contributed by atoms with Gasteiger partial charge in [0.25, 0.3) is 0 Å². The quantitative estimate of drug-likeness (QED) is 0.606. The average molecular weight is 278 g/mol. The second-order valence-electron chi connectivity index (χ2n) is 4.60. The maximum atomic E-state index is 11.6. The topological polar surface area (TPSA) is 84.2 Å². The van der Waals surface area contributed by atoms with Crippen LogP contribution >= 0.6 is 12.4 Å². The Morgan fingerprint density at radius 3 is 2.39 bits per heavy atom. The second-order valence-corrected chi connectivity index (χ2v) is 4.60. The molecule has 2 amide bonds. The van der Waals surface area contributed by atoms with E-state index in [1.54, 1.807) is 0 Å². The van der Waals surface area contributed by atoms with Crippen molar-refractivity contribution in [2.45, 2.75) is 45.1 Å². The summed E-state index contributed by atoms with van der Waals surface area (Å²) in [5.41, 5.74) is 5.59. The van der Waals surface area contributed by atoms with Crippen molar-refractivity contribution >= 4 is 24.2 Å². The van der Waals surface area contributed by atoms with Crippen LogP contribution in [0.1, 0.15) is 39.0 Å². The number of carbonyl (C=O) groups excluding carboxylic acids is 2. The summed E-state index contributed by atoms with van der Waals surface area (Å²) in [5, 5.41) is 5.64. The van der Waals surface area contributed by atoms with Crippen LogP contribution in [0.4, 0.5) is 0 Å². The smallest absolute Gasteiger partial charge is 0.220 e. The van der Waals surface area contributed by atoms with Gasteiger partial charge in [0.05, 0.1) is 0 Å². The molecule has 1 aliphatic carbocycles. The van der Waals surface area contributed by atoms with Crippen molar-refractivity contribution < 1.29 is 9.59 Å². The molecule has 0 aromatic carbocycles. The molecular weight excluding hydrogens is 254 g/mol. The van der Waals surface area contributed by atoms with Gasteiger partial charge in [0.2, 0.25) is 11.8 Å². The standard InChI is InChI=1S/C12H23N3O2.ClH/c1-2-7-14-11(16)5-6-12(17)15-10(8-13)9-3-4-9;/h9-10H,2-8,13H2,1H3,(H,14,16)(H,15,17);1H. The summed E-state index contributed by atoms with van der Waals surface area (Å²) in [6.45, 7) is 3.15. The van der Waals surface area contributed by atoms with Gasteiger partial charge in [0.1, 0.15) is 0 Å². The van der Waals surface area contributed by atoms with E-state index in [4.69, 9.17) is 5.73 Å². The van der Waals surface area contributed by atoms with Crippen LogP contribution in [0.2, 0.25) is 0 Å². The zero-order valence-electron chi connectivity index (χ0n) is 10.9. The van der Waals surface area contributed by atoms with E-state index < -0.39 is 0 Å². The summed E-state index contributed by atoms with van der Waals surface area (Å²) >= 11 is 0. The Kier molecular flexibility index (Phi) is 8.75. The highest BCUT2D eigenvalue weighted by Gasteiger charge is 2.31. The summed E-state index contributed by atoms with van der Waals surface area (Å²) in [5.74, 6) is 0.426. The predicted molar refractivity (Wildman–Crippen MR) is 73.5 cm³/mol. The lowest BCUT2D eigenvalue weighted by Crippen LogP contribution is -2.42. The maximum absolute atomic E-state index is 11.6. The van der Waals surface area contributed by atoms with E-state index in [9.17, 15) is 9.59 Å². The Labute approximate surface area is 115 Å². The molecule has 0 aliphatic heterocycles. The van der Waals surface area contributed by atoms with Gasteiger partial charge >= 0.3 is 0 Å². The maximum Gasteiger partial charge on any atom is 0.220 e. The number of hydrogen-bond donors (Lipinski definition) is 3. The van der Waals surface area contributed by atoms with Crippen molar-refractivity contribution in [1.29, 1.82) is 0 Å². The Hall–Kier alpha value is -0.810. The fraction of sp³-hybridized carbons (Fsp3) is 0.833. The summed E-state index contributed by atoms with van der Waals surface area (Å²) in [7, 11) is 0. The Morgan fingerprint density at radius 2 is 1.89 bits per heavy atom. The van der Waals surface area contributed by atoms with Crippen molar-refractivity contribution in [3.8, 4) is 0 Å². The Morgan fingerprint density at radius 1 is 1.28 bits per heavy atom. The van der Waals surface area contributed by atoms with E-state index in [1.165, 1.54) is 0 Å². The van der Waals surface area contributed by atoms with Gasteiger partial charge in [-0.1, -0.05) is 6.92 Å². The van der Waals surface area contributed by atoms with Crippen LogP contribution in [0.3, 0.4) is 0 Å². The Balaban J connectivity index is 0.00000289. The van der Waals surface area contributed by atoms with Gasteiger partial charge in [-0.2, -0.15) is 0 Å². The minimum atomic E-state index is -0.0704. The number of amides is 2. The molecule has 0 aromatic rings. The van der Waals surface area contributed by atoms with Gasteiger partial charge in [-0.25, -0.2) is 0 Å². The van der Waals surface area contributed by atoms with Crippen LogP contribution in [-0.4, -0.2) is 30.9 Å². The normalized spacial score (nSPS) is 15.4. The van der Waals surface area contributed by atoms with Crippen molar-refractivity contribution in [2.24, 2.45) is 11.7 Å². The first-order valence-corrected chi connectivity index (χ1v) is 6.43. The lowest BCUT2D eigenvalue weighted by Gasteiger charge is -2.15. The highest BCUT2D eigenvalue weighted by atomic mass is 35.5. The molecule has 6 heteroatoms. The average Bonchev–Trinajstić information content (AvgIpc) is 3.14. The van der Waals surface area contributed by atoms with E-state index in [1.807, 2.05) is 6.92 Å². The number of nitrogens with one attached hydrogen (secondary N) is 2. The Bertz CT molecular complexity index is 270. The monoisotopic (exact) mass is 277 g/mol. The molecule has 1 atom stereocenters. The molecule has 1 saturated carbocycles. The molecule has 18 heavy (non-hydrogen) atoms. The minimum absolute atomic E-state index is 0. The third-order valence-corrected chi connectivity index (χ3v) is 2.94. The number of carbonyl (C=O) groups is 2. The third-order valence-electron chi connectivity index (χ3n) is 2.94. The highest BCUT2D eigenvalue weighted by Crippen LogP contribution is 2.32. The first-order chi connectivity index (χ1) is 8.17. The van der Waals surface area contributed by atoms with Gasteiger partial charge in [-0.05, 0) is 25.2 Å². The van der Waals surface area contributed by atoms with Gasteiger partial charge in [-0.15, -0.1) is 12.4 Å². The number of hydrogen-bond acceptors (Lipinski definition) is 3. The van der Waals surface area contributed by atoms with Gasteiger partial charge < -0.3 is 16.4 Å². The van der Waals surface area contributed by atoms with E-state index in [0.29, 0.717) is 19.0 Å². The molecule has 0 spiro atoms. The van der Waals surface area contributed by atoms with E-state index in [-0.39, 0.29) is 43.1 Å². The predicted octanol–water partition coefficient (Wildman–Crippen LogP) is 0.568. The molecule has 1 unspecified atom stereocenters. The van der Waals surface area contributed by atoms with Crippen LogP contribution in [0.5, 0.6) is 0 Å². The van der Waals surface area contributed by atoms with E-state index >= 15 is 0 Å². The lowest BCUT2D eigenvalue weighted by atomic mass is 10.1. The summed E-state index contributed by atoms with van der Waals surface area (Å²) in [6.07, 6.45) is 3.72. The summed E-state index contributed by atoms with van der Waals surface area (Å²) in [4.78, 5) is 22.9. The molecule has 0 heterocycles. The fourth-order valence-corrected chi connectivity index (χ4v) is 1.73. The first-order valence-electron chi connectivity index (χ1n) is 6.43. The van der Waals surface area contributed by atoms with Crippen molar-refractivity contribution in [3.05, 3.63) is 0 Å².